The molecule has 22 heavy (non-hydrogen) atoms. The van der Waals surface area contributed by atoms with Gasteiger partial charge in [0.15, 0.2) is 0 Å². The first-order chi connectivity index (χ1) is 10.9. The molecule has 112 valence electrons. The normalized spacial score (nSPS) is 10.6. The maximum absolute atomic E-state index is 5.59. The molecule has 0 radical (unpaired) electrons. The highest BCUT2D eigenvalue weighted by Crippen LogP contribution is 2.19. The van der Waals surface area contributed by atoms with Gasteiger partial charge in [-0.15, -0.1) is 0 Å². The zero-order valence-corrected chi connectivity index (χ0v) is 12.6. The standard InChI is InChI=1S/C18H19N3O/c1-2-11-22-15-9-7-14(8-10-15)12-19-18-16-5-3-4-6-17(16)20-13-21-18/h3-10,13H,2,11-12H2,1H3,(H,19,20,21). The maximum Gasteiger partial charge on any atom is 0.137 e. The van der Waals surface area contributed by atoms with Crippen molar-refractivity contribution >= 4 is 16.7 Å². The molecule has 0 fully saturated rings. The Balaban J connectivity index is 1.69. The molecule has 0 aliphatic carbocycles. The van der Waals surface area contributed by atoms with Crippen LogP contribution in [0.5, 0.6) is 5.75 Å². The smallest absolute Gasteiger partial charge is 0.137 e. The van der Waals surface area contributed by atoms with E-state index in [1.165, 1.54) is 5.56 Å². The molecular weight excluding hydrogens is 274 g/mol. The summed E-state index contributed by atoms with van der Waals surface area (Å²) in [4.78, 5) is 8.60. The first-order valence-electron chi connectivity index (χ1n) is 7.52. The van der Waals surface area contributed by atoms with Gasteiger partial charge in [-0.2, -0.15) is 0 Å². The van der Waals surface area contributed by atoms with Gasteiger partial charge in [0.2, 0.25) is 0 Å². The second kappa shape index (κ2) is 6.89. The van der Waals surface area contributed by atoms with E-state index < -0.39 is 0 Å². The Hall–Kier alpha value is -2.62. The van der Waals surface area contributed by atoms with Gasteiger partial charge in [-0.05, 0) is 36.2 Å². The number of anilines is 1. The van der Waals surface area contributed by atoms with Crippen LogP contribution in [0.15, 0.2) is 54.9 Å². The lowest BCUT2D eigenvalue weighted by molar-refractivity contribution is 0.317. The van der Waals surface area contributed by atoms with E-state index in [2.05, 4.69) is 34.3 Å². The molecule has 0 unspecified atom stereocenters. The molecule has 4 heteroatoms. The minimum Gasteiger partial charge on any atom is -0.494 e. The topological polar surface area (TPSA) is 47.0 Å². The summed E-state index contributed by atoms with van der Waals surface area (Å²) in [5, 5.41) is 4.41. The molecule has 1 heterocycles. The molecule has 2 aromatic carbocycles. The van der Waals surface area contributed by atoms with Crippen molar-refractivity contribution in [2.45, 2.75) is 19.9 Å². The highest BCUT2D eigenvalue weighted by molar-refractivity contribution is 5.88. The zero-order valence-electron chi connectivity index (χ0n) is 12.6. The molecule has 0 aliphatic heterocycles. The average Bonchev–Trinajstić information content (AvgIpc) is 2.59. The van der Waals surface area contributed by atoms with E-state index in [0.29, 0.717) is 0 Å². The summed E-state index contributed by atoms with van der Waals surface area (Å²) < 4.78 is 5.59. The summed E-state index contributed by atoms with van der Waals surface area (Å²) in [6.45, 7) is 3.57. The van der Waals surface area contributed by atoms with Crippen LogP contribution in [0.25, 0.3) is 10.9 Å². The van der Waals surface area contributed by atoms with Gasteiger partial charge >= 0.3 is 0 Å². The number of aromatic nitrogens is 2. The summed E-state index contributed by atoms with van der Waals surface area (Å²) in [7, 11) is 0. The molecule has 4 nitrogen and oxygen atoms in total. The SMILES string of the molecule is CCCOc1ccc(CNc2ncnc3ccccc23)cc1. The third-order valence-corrected chi connectivity index (χ3v) is 3.40. The van der Waals surface area contributed by atoms with Crippen molar-refractivity contribution in [3.63, 3.8) is 0 Å². The average molecular weight is 293 g/mol. The van der Waals surface area contributed by atoms with E-state index in [-0.39, 0.29) is 0 Å². The van der Waals surface area contributed by atoms with E-state index in [4.69, 9.17) is 4.74 Å². The van der Waals surface area contributed by atoms with Crippen molar-refractivity contribution in [2.24, 2.45) is 0 Å². The highest BCUT2D eigenvalue weighted by atomic mass is 16.5. The third-order valence-electron chi connectivity index (χ3n) is 3.40. The van der Waals surface area contributed by atoms with Gasteiger partial charge in [0, 0.05) is 11.9 Å². The Labute approximate surface area is 130 Å². The van der Waals surface area contributed by atoms with Crippen LogP contribution in [0.3, 0.4) is 0 Å². The minimum atomic E-state index is 0.717. The first kappa shape index (κ1) is 14.3. The number of ether oxygens (including phenoxy) is 1. The van der Waals surface area contributed by atoms with Crippen molar-refractivity contribution in [3.05, 3.63) is 60.4 Å². The second-order valence-corrected chi connectivity index (χ2v) is 5.09. The lowest BCUT2D eigenvalue weighted by Gasteiger charge is -2.09. The molecule has 0 aliphatic rings. The summed E-state index contributed by atoms with van der Waals surface area (Å²) in [5.41, 5.74) is 2.13. The molecule has 1 aromatic heterocycles. The molecule has 0 bridgehead atoms. The lowest BCUT2D eigenvalue weighted by atomic mass is 10.2. The molecule has 0 saturated carbocycles. The van der Waals surface area contributed by atoms with Gasteiger partial charge in [0.25, 0.3) is 0 Å². The van der Waals surface area contributed by atoms with Gasteiger partial charge in [0.1, 0.15) is 17.9 Å². The fourth-order valence-corrected chi connectivity index (χ4v) is 2.25. The lowest BCUT2D eigenvalue weighted by Crippen LogP contribution is -2.02. The second-order valence-electron chi connectivity index (χ2n) is 5.09. The number of hydrogen-bond acceptors (Lipinski definition) is 4. The molecule has 0 atom stereocenters. The Bertz CT molecular complexity index is 735. The van der Waals surface area contributed by atoms with Crippen molar-refractivity contribution in [3.8, 4) is 5.75 Å². The van der Waals surface area contributed by atoms with Crippen LogP contribution in [0, 0.1) is 0 Å². The van der Waals surface area contributed by atoms with Crippen molar-refractivity contribution < 1.29 is 4.74 Å². The Morgan fingerprint density at radius 3 is 2.64 bits per heavy atom. The van der Waals surface area contributed by atoms with Gasteiger partial charge in [-0.1, -0.05) is 31.2 Å². The van der Waals surface area contributed by atoms with Gasteiger partial charge in [-0.25, -0.2) is 9.97 Å². The van der Waals surface area contributed by atoms with Crippen molar-refractivity contribution in [1.29, 1.82) is 0 Å². The highest BCUT2D eigenvalue weighted by Gasteiger charge is 2.02. The van der Waals surface area contributed by atoms with Crippen LogP contribution in [0.1, 0.15) is 18.9 Å². The van der Waals surface area contributed by atoms with E-state index >= 15 is 0 Å². The zero-order chi connectivity index (χ0) is 15.2. The molecular formula is C18H19N3O. The fourth-order valence-electron chi connectivity index (χ4n) is 2.25. The van der Waals surface area contributed by atoms with E-state index in [9.17, 15) is 0 Å². The van der Waals surface area contributed by atoms with Gasteiger partial charge in [-0.3, -0.25) is 0 Å². The van der Waals surface area contributed by atoms with E-state index in [1.54, 1.807) is 6.33 Å². The Kier molecular flexibility index (Phi) is 4.49. The molecule has 0 saturated heterocycles. The van der Waals surface area contributed by atoms with Gasteiger partial charge in [0.05, 0.1) is 12.1 Å². The van der Waals surface area contributed by atoms with E-state index in [1.807, 2.05) is 36.4 Å². The summed E-state index contributed by atoms with van der Waals surface area (Å²) in [5.74, 6) is 1.77. The number of para-hydroxylation sites is 1. The number of rotatable bonds is 6. The summed E-state index contributed by atoms with van der Waals surface area (Å²) in [6.07, 6.45) is 2.61. The van der Waals surface area contributed by atoms with Crippen molar-refractivity contribution in [1.82, 2.24) is 9.97 Å². The first-order valence-corrected chi connectivity index (χ1v) is 7.52. The van der Waals surface area contributed by atoms with Crippen LogP contribution >= 0.6 is 0 Å². The predicted octanol–water partition coefficient (Wildman–Crippen LogP) is 4.03. The van der Waals surface area contributed by atoms with Crippen molar-refractivity contribution in [2.75, 3.05) is 11.9 Å². The molecule has 1 N–H and O–H groups in total. The molecule has 3 rings (SSSR count). The predicted molar refractivity (Wildman–Crippen MR) is 89.1 cm³/mol. The van der Waals surface area contributed by atoms with E-state index in [0.717, 1.165) is 42.0 Å². The Morgan fingerprint density at radius 1 is 1.00 bits per heavy atom. The van der Waals surface area contributed by atoms with Gasteiger partial charge < -0.3 is 10.1 Å². The number of nitrogens with one attached hydrogen (secondary N) is 1. The number of benzene rings is 2. The number of nitrogens with zero attached hydrogens (tertiary/aromatic N) is 2. The monoisotopic (exact) mass is 293 g/mol. The Morgan fingerprint density at radius 2 is 1.82 bits per heavy atom. The summed E-state index contributed by atoms with van der Waals surface area (Å²) >= 11 is 0. The minimum absolute atomic E-state index is 0.717. The third kappa shape index (κ3) is 3.34. The number of fused-ring (bicyclic) bond motifs is 1. The van der Waals surface area contributed by atoms with Crippen LogP contribution in [-0.4, -0.2) is 16.6 Å². The fraction of sp³-hybridized carbons (Fsp3) is 0.222. The maximum atomic E-state index is 5.59. The quantitative estimate of drug-likeness (QED) is 0.745. The van der Waals surface area contributed by atoms with Crippen LogP contribution < -0.4 is 10.1 Å². The summed E-state index contributed by atoms with van der Waals surface area (Å²) in [6, 6.07) is 16.1. The molecule has 0 amide bonds. The number of hydrogen-bond donors (Lipinski definition) is 1. The largest absolute Gasteiger partial charge is 0.494 e. The van der Waals surface area contributed by atoms with Crippen LogP contribution in [0.2, 0.25) is 0 Å². The molecule has 0 spiro atoms. The molecule has 3 aromatic rings. The van der Waals surface area contributed by atoms with Crippen LogP contribution in [-0.2, 0) is 6.54 Å². The van der Waals surface area contributed by atoms with Crippen LogP contribution in [0.4, 0.5) is 5.82 Å².